The average molecular weight is 694 g/mol. The van der Waals surface area contributed by atoms with Crippen molar-refractivity contribution in [2.75, 3.05) is 18.0 Å². The van der Waals surface area contributed by atoms with Crippen LogP contribution in [0.4, 0.5) is 5.69 Å². The molecular weight excluding hydrogens is 654 g/mol. The molecule has 1 amide bonds. The van der Waals surface area contributed by atoms with Crippen molar-refractivity contribution >= 4 is 53.0 Å². The largest absolute Gasteiger partial charge is 0.401 e. The monoisotopic (exact) mass is 693 g/mol. The smallest absolute Gasteiger partial charge is 0.276 e. The maximum atomic E-state index is 13.5. The predicted molar refractivity (Wildman–Crippen MR) is 194 cm³/mol. The molecule has 3 heterocycles. The van der Waals surface area contributed by atoms with Gasteiger partial charge in [0.15, 0.2) is 5.69 Å². The van der Waals surface area contributed by atoms with E-state index >= 15 is 0 Å². The van der Waals surface area contributed by atoms with Crippen LogP contribution >= 0.6 is 11.6 Å². The molecule has 0 saturated carbocycles. The number of nitriles is 1. The summed E-state index contributed by atoms with van der Waals surface area (Å²) < 4.78 is 19.1. The van der Waals surface area contributed by atoms with Crippen molar-refractivity contribution in [2.45, 2.75) is 65.0 Å². The molecule has 1 aliphatic rings. The number of morpholine rings is 1. The fourth-order valence-corrected chi connectivity index (χ4v) is 11.6. The van der Waals surface area contributed by atoms with Gasteiger partial charge in [-0.15, -0.1) is 0 Å². The number of carbonyl (C=O) groups is 1. The van der Waals surface area contributed by atoms with Crippen LogP contribution in [0.5, 0.6) is 0 Å². The second-order valence-electron chi connectivity index (χ2n) is 13.5. The van der Waals surface area contributed by atoms with Crippen LogP contribution < -0.4 is 20.6 Å². The number of nitrogens with one attached hydrogen (secondary N) is 1. The number of aromatic nitrogens is 2. The Balaban J connectivity index is 1.44. The fraction of sp³-hybridized carbons (Fsp3) is 0.316. The van der Waals surface area contributed by atoms with E-state index in [0.717, 1.165) is 15.9 Å². The van der Waals surface area contributed by atoms with Crippen molar-refractivity contribution in [3.05, 3.63) is 112 Å². The summed E-state index contributed by atoms with van der Waals surface area (Å²) in [5, 5.41) is 18.5. The molecule has 0 bridgehead atoms. The lowest BCUT2D eigenvalue weighted by molar-refractivity contribution is -0.00532. The summed E-state index contributed by atoms with van der Waals surface area (Å²) in [6.07, 6.45) is -0.0847. The minimum absolute atomic E-state index is 0.0347. The first-order chi connectivity index (χ1) is 23.5. The Hall–Kier alpha value is -4.53. The molecule has 3 aromatic carbocycles. The van der Waals surface area contributed by atoms with Crippen LogP contribution in [0.2, 0.25) is 10.1 Å². The maximum absolute atomic E-state index is 13.5. The van der Waals surface area contributed by atoms with Crippen LogP contribution in [0.1, 0.15) is 61.9 Å². The standard InChI is InChI=1S/C38H40ClN5O4Si/c1-25-22-44(23-26(2)47-25)35-31(24-46-49(38(3,4)5,29-12-8-6-9-13-29)30-14-10-7-11-15-30)42-33-34(43-48-36(33)32(35)39)37(45)41-21-28-18-16-27(20-40)17-19-28/h6-19,25-26H,21-24H2,1-5H3,(H,41,45)/t25-,26+. The van der Waals surface area contributed by atoms with E-state index in [9.17, 15) is 4.79 Å². The molecule has 0 spiro atoms. The predicted octanol–water partition coefficient (Wildman–Crippen LogP) is 6.37. The summed E-state index contributed by atoms with van der Waals surface area (Å²) in [5.74, 6) is -0.452. The van der Waals surface area contributed by atoms with Crippen molar-refractivity contribution in [3.8, 4) is 6.07 Å². The molecule has 6 rings (SSSR count). The van der Waals surface area contributed by atoms with E-state index in [-0.39, 0.29) is 47.2 Å². The number of pyridine rings is 1. The van der Waals surface area contributed by atoms with Crippen LogP contribution in [0.25, 0.3) is 11.1 Å². The maximum Gasteiger partial charge on any atom is 0.276 e. The summed E-state index contributed by atoms with van der Waals surface area (Å²) in [6, 6.07) is 30.0. The summed E-state index contributed by atoms with van der Waals surface area (Å²) in [7, 11) is -2.96. The number of benzene rings is 3. The number of ether oxygens (including phenoxy) is 1. The molecule has 1 aliphatic heterocycles. The number of anilines is 1. The van der Waals surface area contributed by atoms with Gasteiger partial charge in [-0.25, -0.2) is 4.98 Å². The van der Waals surface area contributed by atoms with Crippen molar-refractivity contribution in [1.29, 1.82) is 5.26 Å². The van der Waals surface area contributed by atoms with E-state index < -0.39 is 14.2 Å². The number of halogens is 1. The number of hydrogen-bond acceptors (Lipinski definition) is 8. The molecular formula is C38H40ClN5O4Si. The minimum atomic E-state index is -2.96. The molecule has 49 heavy (non-hydrogen) atoms. The first-order valence-corrected chi connectivity index (χ1v) is 18.7. The highest BCUT2D eigenvalue weighted by Gasteiger charge is 2.50. The van der Waals surface area contributed by atoms with E-state index in [1.807, 2.05) is 26.0 Å². The van der Waals surface area contributed by atoms with E-state index in [1.54, 1.807) is 24.3 Å². The number of fused-ring (bicyclic) bond motifs is 1. The van der Waals surface area contributed by atoms with Gasteiger partial charge >= 0.3 is 0 Å². The second-order valence-corrected chi connectivity index (χ2v) is 18.2. The number of rotatable bonds is 9. The van der Waals surface area contributed by atoms with Crippen LogP contribution in [-0.4, -0.2) is 49.7 Å². The summed E-state index contributed by atoms with van der Waals surface area (Å²) in [6.45, 7) is 12.3. The molecule has 0 unspecified atom stereocenters. The normalized spacial score (nSPS) is 16.8. The van der Waals surface area contributed by atoms with Gasteiger partial charge in [0.25, 0.3) is 14.2 Å². The molecule has 11 heteroatoms. The zero-order valence-corrected chi connectivity index (χ0v) is 30.1. The van der Waals surface area contributed by atoms with E-state index in [1.165, 1.54) is 0 Å². The molecule has 1 N–H and O–H groups in total. The Morgan fingerprint density at radius 1 is 1.00 bits per heavy atom. The lowest BCUT2D eigenvalue weighted by Gasteiger charge is -2.43. The third kappa shape index (κ3) is 6.85. The van der Waals surface area contributed by atoms with Crippen molar-refractivity contribution in [1.82, 2.24) is 15.5 Å². The number of carbonyl (C=O) groups excluding carboxylic acids is 1. The van der Waals surface area contributed by atoms with Gasteiger partial charge in [0.05, 0.1) is 41.8 Å². The fourth-order valence-electron chi connectivity index (χ4n) is 6.79. The summed E-state index contributed by atoms with van der Waals surface area (Å²) in [5.41, 5.74) is 3.20. The number of nitrogens with zero attached hydrogens (tertiary/aromatic N) is 4. The number of amides is 1. The Bertz CT molecular complexity index is 1920. The van der Waals surface area contributed by atoms with E-state index in [0.29, 0.717) is 35.1 Å². The highest BCUT2D eigenvalue weighted by atomic mass is 35.5. The molecule has 0 aliphatic carbocycles. The topological polar surface area (TPSA) is 114 Å². The van der Waals surface area contributed by atoms with Gasteiger partial charge in [-0.05, 0) is 47.0 Å². The molecule has 2 aromatic heterocycles. The Kier molecular flexibility index (Phi) is 9.91. The molecule has 1 saturated heterocycles. The van der Waals surface area contributed by atoms with E-state index in [2.05, 4.69) is 90.7 Å². The highest BCUT2D eigenvalue weighted by molar-refractivity contribution is 6.99. The van der Waals surface area contributed by atoms with Gasteiger partial charge in [0.2, 0.25) is 5.58 Å². The van der Waals surface area contributed by atoms with Crippen molar-refractivity contribution in [2.24, 2.45) is 0 Å². The quantitative estimate of drug-likeness (QED) is 0.177. The van der Waals surface area contributed by atoms with Crippen LogP contribution in [0.15, 0.2) is 89.5 Å². The van der Waals surface area contributed by atoms with Crippen molar-refractivity contribution < 1.29 is 18.5 Å². The third-order valence-electron chi connectivity index (χ3n) is 8.92. The zero-order chi connectivity index (χ0) is 34.8. The minimum Gasteiger partial charge on any atom is -0.401 e. The van der Waals surface area contributed by atoms with Gasteiger partial charge in [0, 0.05) is 19.6 Å². The lowest BCUT2D eigenvalue weighted by Crippen LogP contribution is -2.66. The second kappa shape index (κ2) is 14.1. The Morgan fingerprint density at radius 2 is 1.59 bits per heavy atom. The molecule has 1 fully saturated rings. The molecule has 5 aromatic rings. The molecule has 0 radical (unpaired) electrons. The van der Waals surface area contributed by atoms with Gasteiger partial charge in [-0.3, -0.25) is 4.79 Å². The lowest BCUT2D eigenvalue weighted by atomic mass is 10.1. The average Bonchev–Trinajstić information content (AvgIpc) is 3.52. The Morgan fingerprint density at radius 3 is 2.14 bits per heavy atom. The van der Waals surface area contributed by atoms with Crippen LogP contribution in [-0.2, 0) is 22.3 Å². The number of hydrogen-bond donors (Lipinski definition) is 1. The van der Waals surface area contributed by atoms with Gasteiger partial charge in [-0.2, -0.15) is 5.26 Å². The first-order valence-electron chi connectivity index (χ1n) is 16.4. The van der Waals surface area contributed by atoms with Crippen molar-refractivity contribution in [3.63, 3.8) is 0 Å². The summed E-state index contributed by atoms with van der Waals surface area (Å²) >= 11 is 7.21. The van der Waals surface area contributed by atoms with E-state index in [4.69, 9.17) is 35.5 Å². The highest BCUT2D eigenvalue weighted by Crippen LogP contribution is 2.41. The molecule has 2 atom stereocenters. The van der Waals surface area contributed by atoms with Gasteiger partial charge in [-0.1, -0.05) is 110 Å². The zero-order valence-electron chi connectivity index (χ0n) is 28.4. The first kappa shape index (κ1) is 34.3. The van der Waals surface area contributed by atoms with Gasteiger partial charge < -0.3 is 23.9 Å². The molecule has 252 valence electrons. The van der Waals surface area contributed by atoms with Crippen LogP contribution in [0, 0.1) is 11.3 Å². The van der Waals surface area contributed by atoms with Gasteiger partial charge in [0.1, 0.15) is 10.5 Å². The SMILES string of the molecule is C[C@@H]1CN(c2c(CO[Si](c3ccccc3)(c3ccccc3)C(C)(C)C)nc3c(C(=O)NCc4ccc(C#N)cc4)noc3c2Cl)C[C@H](C)O1. The van der Waals surface area contributed by atoms with Crippen LogP contribution in [0.3, 0.4) is 0 Å². The summed E-state index contributed by atoms with van der Waals surface area (Å²) in [4.78, 5) is 20.8. The molecule has 9 nitrogen and oxygen atoms in total. The third-order valence-corrected chi connectivity index (χ3v) is 14.3. The Labute approximate surface area is 292 Å².